The Bertz CT molecular complexity index is 1780. The molecule has 0 fully saturated rings. The highest BCUT2D eigenvalue weighted by molar-refractivity contribution is 6.01. The number of benzene rings is 6. The lowest BCUT2D eigenvalue weighted by atomic mass is 9.63. The smallest absolute Gasteiger partial charge is 0.122 e. The van der Waals surface area contributed by atoms with Crippen molar-refractivity contribution in [1.29, 1.82) is 0 Å². The molecule has 0 heterocycles. The van der Waals surface area contributed by atoms with Crippen molar-refractivity contribution < 1.29 is 20.4 Å². The molecule has 39 heavy (non-hydrogen) atoms. The molecule has 0 saturated heterocycles. The van der Waals surface area contributed by atoms with Gasteiger partial charge in [0.15, 0.2) is 0 Å². The number of hydrogen-bond acceptors (Lipinski definition) is 4. The zero-order chi connectivity index (χ0) is 26.7. The van der Waals surface area contributed by atoms with Crippen LogP contribution in [0, 0.1) is 0 Å². The van der Waals surface area contributed by atoms with Gasteiger partial charge in [-0.2, -0.15) is 0 Å². The van der Waals surface area contributed by atoms with Gasteiger partial charge in [0, 0.05) is 11.1 Å². The van der Waals surface area contributed by atoms with Crippen molar-refractivity contribution in [3.05, 3.63) is 143 Å². The van der Waals surface area contributed by atoms with Crippen LogP contribution in [0.3, 0.4) is 0 Å². The number of aromatic hydroxyl groups is 2. The van der Waals surface area contributed by atoms with Crippen molar-refractivity contribution in [1.82, 2.24) is 0 Å². The Labute approximate surface area is 225 Å². The Morgan fingerprint density at radius 1 is 0.487 bits per heavy atom. The molecule has 0 aliphatic heterocycles. The van der Waals surface area contributed by atoms with Gasteiger partial charge >= 0.3 is 0 Å². The summed E-state index contributed by atoms with van der Waals surface area (Å²) in [5, 5.41) is 47.7. The van der Waals surface area contributed by atoms with E-state index in [9.17, 15) is 20.4 Å². The van der Waals surface area contributed by atoms with E-state index in [0.29, 0.717) is 11.1 Å². The lowest BCUT2D eigenvalue weighted by Crippen LogP contribution is -2.32. The van der Waals surface area contributed by atoms with E-state index >= 15 is 0 Å². The number of fused-ring (bicyclic) bond motifs is 5. The predicted molar refractivity (Wildman–Crippen MR) is 154 cm³/mol. The largest absolute Gasteiger partial charge is 0.508 e. The van der Waals surface area contributed by atoms with Gasteiger partial charge in [0.05, 0.1) is 18.6 Å². The van der Waals surface area contributed by atoms with Crippen LogP contribution in [0.2, 0.25) is 0 Å². The SMILES string of the molecule is OCc1c(O)cc2ccccc2c1C1(c2c(CO)c(O)cc3ccccc23)c2ccccc2-c2ccccc21. The van der Waals surface area contributed by atoms with Crippen molar-refractivity contribution in [2.75, 3.05) is 0 Å². The van der Waals surface area contributed by atoms with Crippen molar-refractivity contribution in [2.45, 2.75) is 18.6 Å². The van der Waals surface area contributed by atoms with Crippen molar-refractivity contribution in [3.8, 4) is 22.6 Å². The number of hydrogen-bond donors (Lipinski definition) is 4. The van der Waals surface area contributed by atoms with E-state index in [-0.39, 0.29) is 24.7 Å². The summed E-state index contributed by atoms with van der Waals surface area (Å²) in [5.74, 6) is 0.00453. The molecule has 190 valence electrons. The van der Waals surface area contributed by atoms with E-state index in [1.165, 1.54) is 0 Å². The maximum Gasteiger partial charge on any atom is 0.122 e. The van der Waals surface area contributed by atoms with Gasteiger partial charge < -0.3 is 20.4 Å². The number of aliphatic hydroxyl groups excluding tert-OH is 2. The molecule has 4 heteroatoms. The first kappa shape index (κ1) is 23.5. The molecule has 0 amide bonds. The van der Waals surface area contributed by atoms with Crippen LogP contribution in [0.25, 0.3) is 32.7 Å². The molecule has 7 rings (SSSR count). The topological polar surface area (TPSA) is 80.9 Å². The van der Waals surface area contributed by atoms with Crippen LogP contribution in [0.4, 0.5) is 0 Å². The lowest BCUT2D eigenvalue weighted by molar-refractivity contribution is 0.271. The predicted octanol–water partition coefficient (Wildman–Crippen LogP) is 6.75. The first-order chi connectivity index (χ1) is 19.1. The average Bonchev–Trinajstić information content (AvgIpc) is 3.26. The molecule has 6 aromatic carbocycles. The molecule has 1 aliphatic rings. The molecular weight excluding hydrogens is 484 g/mol. The molecule has 0 aromatic heterocycles. The van der Waals surface area contributed by atoms with Crippen LogP contribution >= 0.6 is 0 Å². The van der Waals surface area contributed by atoms with Crippen LogP contribution in [0.15, 0.2) is 109 Å². The zero-order valence-corrected chi connectivity index (χ0v) is 21.1. The summed E-state index contributed by atoms with van der Waals surface area (Å²) in [6, 6.07) is 35.4. The summed E-state index contributed by atoms with van der Waals surface area (Å²) in [6.45, 7) is -0.771. The third kappa shape index (κ3) is 3.07. The van der Waals surface area contributed by atoms with Gasteiger partial charge in [0.1, 0.15) is 11.5 Å². The van der Waals surface area contributed by atoms with Crippen LogP contribution in [-0.4, -0.2) is 20.4 Å². The number of aliphatic hydroxyl groups is 2. The second kappa shape index (κ2) is 8.70. The highest BCUT2D eigenvalue weighted by atomic mass is 16.3. The summed E-state index contributed by atoms with van der Waals surface area (Å²) in [7, 11) is 0. The van der Waals surface area contributed by atoms with Crippen LogP contribution in [-0.2, 0) is 18.6 Å². The van der Waals surface area contributed by atoms with E-state index in [2.05, 4.69) is 24.3 Å². The number of phenols is 2. The first-order valence-electron chi connectivity index (χ1n) is 13.0. The lowest BCUT2D eigenvalue weighted by Gasteiger charge is -2.38. The summed E-state index contributed by atoms with van der Waals surface area (Å²) in [4.78, 5) is 0. The fraction of sp³-hybridized carbons (Fsp3) is 0.0857. The van der Waals surface area contributed by atoms with Gasteiger partial charge in [0.25, 0.3) is 0 Å². The number of rotatable bonds is 4. The van der Waals surface area contributed by atoms with Crippen LogP contribution < -0.4 is 0 Å². The minimum Gasteiger partial charge on any atom is -0.508 e. The quantitative estimate of drug-likeness (QED) is 0.211. The third-order valence-electron chi connectivity index (χ3n) is 8.29. The maximum atomic E-state index is 11.3. The zero-order valence-electron chi connectivity index (χ0n) is 21.1. The highest BCUT2D eigenvalue weighted by Gasteiger charge is 2.50. The van der Waals surface area contributed by atoms with E-state index in [1.807, 2.05) is 72.8 Å². The minimum atomic E-state index is -1.07. The van der Waals surface area contributed by atoms with Crippen molar-refractivity contribution in [3.63, 3.8) is 0 Å². The van der Waals surface area contributed by atoms with Gasteiger partial charge in [-0.25, -0.2) is 0 Å². The Morgan fingerprint density at radius 2 is 0.872 bits per heavy atom. The summed E-state index contributed by atoms with van der Waals surface area (Å²) >= 11 is 0. The van der Waals surface area contributed by atoms with Gasteiger partial charge in [-0.15, -0.1) is 0 Å². The van der Waals surface area contributed by atoms with Crippen molar-refractivity contribution in [2.24, 2.45) is 0 Å². The van der Waals surface area contributed by atoms with Gasteiger partial charge in [-0.1, -0.05) is 97.1 Å². The van der Waals surface area contributed by atoms with Crippen molar-refractivity contribution >= 4 is 21.5 Å². The highest BCUT2D eigenvalue weighted by Crippen LogP contribution is 2.61. The molecule has 0 radical (unpaired) electrons. The average molecular weight is 511 g/mol. The molecule has 4 nitrogen and oxygen atoms in total. The van der Waals surface area contributed by atoms with E-state index in [4.69, 9.17) is 0 Å². The van der Waals surface area contributed by atoms with Gasteiger partial charge in [0.2, 0.25) is 0 Å². The molecule has 0 unspecified atom stereocenters. The summed E-state index contributed by atoms with van der Waals surface area (Å²) in [6.07, 6.45) is 0. The van der Waals surface area contributed by atoms with Gasteiger partial charge in [-0.05, 0) is 67.1 Å². The third-order valence-corrected chi connectivity index (χ3v) is 8.29. The monoisotopic (exact) mass is 510 g/mol. The molecule has 0 spiro atoms. The Morgan fingerprint density at radius 3 is 1.31 bits per heavy atom. The standard InChI is InChI=1S/C35H26O4/c36-19-27-31(38)17-21-9-1-3-11-23(21)33(27)35(29-15-7-5-13-25(29)26-14-6-8-16-30(26)35)34-24-12-4-2-10-22(24)18-32(39)28(34)20-37/h1-18,36-39H,19-20H2. The Hall–Kier alpha value is -4.64. The van der Waals surface area contributed by atoms with E-state index in [0.717, 1.165) is 54.9 Å². The Balaban J connectivity index is 1.85. The minimum absolute atomic E-state index is 0.00226. The molecule has 6 aromatic rings. The molecule has 0 bridgehead atoms. The molecule has 1 aliphatic carbocycles. The fourth-order valence-electron chi connectivity index (χ4n) is 6.83. The second-order valence-corrected chi connectivity index (χ2v) is 10.1. The van der Waals surface area contributed by atoms with Crippen LogP contribution in [0.5, 0.6) is 11.5 Å². The fourth-order valence-corrected chi connectivity index (χ4v) is 6.83. The molecule has 0 saturated carbocycles. The molecule has 4 N–H and O–H groups in total. The second-order valence-electron chi connectivity index (χ2n) is 10.1. The summed E-state index contributed by atoms with van der Waals surface area (Å²) in [5.41, 5.74) is 5.21. The van der Waals surface area contributed by atoms with Gasteiger partial charge in [-0.3, -0.25) is 0 Å². The molecule has 0 atom stereocenters. The first-order valence-corrected chi connectivity index (χ1v) is 13.0. The van der Waals surface area contributed by atoms with E-state index < -0.39 is 5.41 Å². The Kier molecular flexibility index (Phi) is 5.24. The molecular formula is C35H26O4. The maximum absolute atomic E-state index is 11.3. The van der Waals surface area contributed by atoms with Crippen LogP contribution in [0.1, 0.15) is 33.4 Å². The normalized spacial score (nSPS) is 13.5. The van der Waals surface area contributed by atoms with E-state index in [1.54, 1.807) is 12.1 Å². The summed E-state index contributed by atoms with van der Waals surface area (Å²) < 4.78 is 0.